The molecule has 0 aliphatic heterocycles. The highest BCUT2D eigenvalue weighted by Crippen LogP contribution is 2.36. The minimum Gasteiger partial charge on any atom is -0.390 e. The molecule has 1 unspecified atom stereocenters. The average Bonchev–Trinajstić information content (AvgIpc) is 2.71. The van der Waals surface area contributed by atoms with E-state index < -0.39 is 0 Å². The standard InChI is InChI=1S/C10H20O2/c1-4-12-10(2,3)9(11)7-8-5-6-8/h8-9,11H,4-7H2,1-3H3. The van der Waals surface area contributed by atoms with Crippen LogP contribution < -0.4 is 0 Å². The van der Waals surface area contributed by atoms with E-state index in [1.165, 1.54) is 12.8 Å². The molecule has 12 heavy (non-hydrogen) atoms. The molecule has 1 fully saturated rings. The molecule has 0 aromatic carbocycles. The van der Waals surface area contributed by atoms with Crippen molar-refractivity contribution in [2.24, 2.45) is 5.92 Å². The van der Waals surface area contributed by atoms with Gasteiger partial charge in [-0.2, -0.15) is 0 Å². The lowest BCUT2D eigenvalue weighted by Gasteiger charge is -2.30. The maximum atomic E-state index is 9.79. The first kappa shape index (κ1) is 10.0. The van der Waals surface area contributed by atoms with E-state index in [0.29, 0.717) is 6.61 Å². The topological polar surface area (TPSA) is 29.5 Å². The van der Waals surface area contributed by atoms with E-state index in [1.54, 1.807) is 0 Å². The summed E-state index contributed by atoms with van der Waals surface area (Å²) >= 11 is 0. The predicted octanol–water partition coefficient (Wildman–Crippen LogP) is 1.96. The van der Waals surface area contributed by atoms with Crippen LogP contribution in [0.2, 0.25) is 0 Å². The first-order valence-corrected chi connectivity index (χ1v) is 4.88. The molecule has 2 heteroatoms. The Hall–Kier alpha value is -0.0800. The van der Waals surface area contributed by atoms with Gasteiger partial charge in [0.05, 0.1) is 11.7 Å². The molecule has 0 bridgehead atoms. The minimum absolute atomic E-state index is 0.301. The van der Waals surface area contributed by atoms with Crippen LogP contribution in [0.15, 0.2) is 0 Å². The second-order valence-electron chi connectivity index (χ2n) is 4.23. The first-order valence-electron chi connectivity index (χ1n) is 4.88. The fourth-order valence-corrected chi connectivity index (χ4v) is 1.42. The summed E-state index contributed by atoms with van der Waals surface area (Å²) in [5.41, 5.74) is -0.364. The van der Waals surface area contributed by atoms with Crippen LogP contribution in [0.5, 0.6) is 0 Å². The number of hydrogen-bond acceptors (Lipinski definition) is 2. The number of ether oxygens (including phenoxy) is 1. The fourth-order valence-electron chi connectivity index (χ4n) is 1.42. The molecular formula is C10H20O2. The van der Waals surface area contributed by atoms with Gasteiger partial charge in [0.2, 0.25) is 0 Å². The lowest BCUT2D eigenvalue weighted by Crippen LogP contribution is -2.39. The summed E-state index contributed by atoms with van der Waals surface area (Å²) in [7, 11) is 0. The van der Waals surface area contributed by atoms with Crippen LogP contribution in [-0.4, -0.2) is 23.4 Å². The Morgan fingerprint density at radius 1 is 1.50 bits per heavy atom. The second kappa shape index (κ2) is 3.75. The molecule has 0 saturated heterocycles. The normalized spacial score (nSPS) is 21.0. The second-order valence-corrected chi connectivity index (χ2v) is 4.23. The van der Waals surface area contributed by atoms with E-state index in [2.05, 4.69) is 0 Å². The molecule has 1 saturated carbocycles. The van der Waals surface area contributed by atoms with Gasteiger partial charge in [0.25, 0.3) is 0 Å². The molecule has 0 aromatic heterocycles. The van der Waals surface area contributed by atoms with Crippen LogP contribution in [0.4, 0.5) is 0 Å². The van der Waals surface area contributed by atoms with Gasteiger partial charge in [-0.05, 0) is 33.1 Å². The third-order valence-corrected chi connectivity index (χ3v) is 2.57. The third kappa shape index (κ3) is 2.76. The highest BCUT2D eigenvalue weighted by molar-refractivity contribution is 4.85. The van der Waals surface area contributed by atoms with E-state index in [4.69, 9.17) is 4.74 Å². The maximum Gasteiger partial charge on any atom is 0.0884 e. The molecule has 1 aliphatic rings. The molecule has 0 amide bonds. The van der Waals surface area contributed by atoms with Gasteiger partial charge in [-0.1, -0.05) is 12.8 Å². The van der Waals surface area contributed by atoms with Crippen molar-refractivity contribution in [3.05, 3.63) is 0 Å². The predicted molar refractivity (Wildman–Crippen MR) is 49.1 cm³/mol. The van der Waals surface area contributed by atoms with E-state index in [0.717, 1.165) is 12.3 Å². The fraction of sp³-hybridized carbons (Fsp3) is 1.00. The van der Waals surface area contributed by atoms with Gasteiger partial charge in [-0.3, -0.25) is 0 Å². The van der Waals surface area contributed by atoms with Crippen molar-refractivity contribution in [3.63, 3.8) is 0 Å². The van der Waals surface area contributed by atoms with Gasteiger partial charge in [0.1, 0.15) is 0 Å². The Morgan fingerprint density at radius 3 is 2.50 bits per heavy atom. The smallest absolute Gasteiger partial charge is 0.0884 e. The van der Waals surface area contributed by atoms with E-state index >= 15 is 0 Å². The van der Waals surface area contributed by atoms with Crippen molar-refractivity contribution in [1.29, 1.82) is 0 Å². The Morgan fingerprint density at radius 2 is 2.08 bits per heavy atom. The minimum atomic E-state index is -0.364. The number of aliphatic hydroxyl groups excluding tert-OH is 1. The molecule has 0 radical (unpaired) electrons. The molecule has 1 atom stereocenters. The SMILES string of the molecule is CCOC(C)(C)C(O)CC1CC1. The summed E-state index contributed by atoms with van der Waals surface area (Å²) in [6, 6.07) is 0. The van der Waals surface area contributed by atoms with E-state index in [9.17, 15) is 5.11 Å². The zero-order valence-corrected chi connectivity index (χ0v) is 8.34. The van der Waals surface area contributed by atoms with Crippen molar-refractivity contribution >= 4 is 0 Å². The summed E-state index contributed by atoms with van der Waals surface area (Å²) in [4.78, 5) is 0. The van der Waals surface area contributed by atoms with Crippen molar-refractivity contribution < 1.29 is 9.84 Å². The molecule has 0 aromatic rings. The Labute approximate surface area is 74.9 Å². The summed E-state index contributed by atoms with van der Waals surface area (Å²) in [6.07, 6.45) is 3.19. The average molecular weight is 172 g/mol. The van der Waals surface area contributed by atoms with Crippen LogP contribution in [0.1, 0.15) is 40.0 Å². The van der Waals surface area contributed by atoms with Gasteiger partial charge >= 0.3 is 0 Å². The number of hydrogen-bond donors (Lipinski definition) is 1. The monoisotopic (exact) mass is 172 g/mol. The number of rotatable bonds is 5. The van der Waals surface area contributed by atoms with Crippen molar-refractivity contribution in [2.75, 3.05) is 6.61 Å². The van der Waals surface area contributed by atoms with Crippen molar-refractivity contribution in [1.82, 2.24) is 0 Å². The molecule has 0 heterocycles. The highest BCUT2D eigenvalue weighted by Gasteiger charge is 2.33. The van der Waals surface area contributed by atoms with Crippen LogP contribution in [-0.2, 0) is 4.74 Å². The van der Waals surface area contributed by atoms with Gasteiger partial charge in [0.15, 0.2) is 0 Å². The molecule has 2 nitrogen and oxygen atoms in total. The molecule has 0 spiro atoms. The van der Waals surface area contributed by atoms with Gasteiger partial charge in [0, 0.05) is 6.61 Å². The van der Waals surface area contributed by atoms with Crippen LogP contribution >= 0.6 is 0 Å². The zero-order chi connectivity index (χ0) is 9.19. The lowest BCUT2D eigenvalue weighted by molar-refractivity contribution is -0.100. The summed E-state index contributed by atoms with van der Waals surface area (Å²) in [5, 5.41) is 9.79. The molecule has 72 valence electrons. The third-order valence-electron chi connectivity index (χ3n) is 2.57. The quantitative estimate of drug-likeness (QED) is 0.687. The van der Waals surface area contributed by atoms with E-state index in [1.807, 2.05) is 20.8 Å². The number of aliphatic hydroxyl groups is 1. The van der Waals surface area contributed by atoms with Crippen LogP contribution in [0.25, 0.3) is 0 Å². The largest absolute Gasteiger partial charge is 0.390 e. The lowest BCUT2D eigenvalue weighted by atomic mass is 9.96. The zero-order valence-electron chi connectivity index (χ0n) is 8.34. The van der Waals surface area contributed by atoms with Gasteiger partial charge < -0.3 is 9.84 Å². The molecule has 1 N–H and O–H groups in total. The summed E-state index contributed by atoms with van der Waals surface area (Å²) in [5.74, 6) is 0.764. The van der Waals surface area contributed by atoms with Gasteiger partial charge in [-0.15, -0.1) is 0 Å². The molecule has 1 aliphatic carbocycles. The molecule has 1 rings (SSSR count). The Kier molecular flexibility index (Phi) is 3.13. The Balaban J connectivity index is 2.30. The van der Waals surface area contributed by atoms with Crippen LogP contribution in [0, 0.1) is 5.92 Å². The Bertz CT molecular complexity index is 139. The summed E-state index contributed by atoms with van der Waals surface area (Å²) < 4.78 is 5.47. The first-order chi connectivity index (χ1) is 5.56. The van der Waals surface area contributed by atoms with E-state index in [-0.39, 0.29) is 11.7 Å². The van der Waals surface area contributed by atoms with Crippen molar-refractivity contribution in [2.45, 2.75) is 51.7 Å². The maximum absolute atomic E-state index is 9.79. The van der Waals surface area contributed by atoms with Crippen LogP contribution in [0.3, 0.4) is 0 Å². The highest BCUT2D eigenvalue weighted by atomic mass is 16.5. The van der Waals surface area contributed by atoms with Crippen molar-refractivity contribution in [3.8, 4) is 0 Å². The van der Waals surface area contributed by atoms with Gasteiger partial charge in [-0.25, -0.2) is 0 Å². The molecular weight excluding hydrogens is 152 g/mol. The summed E-state index contributed by atoms with van der Waals surface area (Å²) in [6.45, 7) is 6.56.